The molecule has 0 saturated heterocycles. The number of hydrogen-bond donors (Lipinski definition) is 0. The van der Waals surface area contributed by atoms with Crippen LogP contribution in [0, 0.1) is 22.4 Å². The van der Waals surface area contributed by atoms with E-state index in [-0.39, 0.29) is 11.5 Å². The van der Waals surface area contributed by atoms with E-state index in [0.717, 1.165) is 5.56 Å². The molecule has 0 saturated carbocycles. The van der Waals surface area contributed by atoms with Crippen molar-refractivity contribution in [2.45, 2.75) is 0 Å². The van der Waals surface area contributed by atoms with E-state index in [1.807, 2.05) is 0 Å². The second-order valence-corrected chi connectivity index (χ2v) is 3.51. The average Bonchev–Trinajstić information content (AvgIpc) is 2.33. The Balaban J connectivity index is 2.20. The fraction of sp³-hybridized carbons (Fsp3) is 0. The largest absolute Gasteiger partial charge is 0.269 e. The van der Waals surface area contributed by atoms with Crippen LogP contribution in [-0.4, -0.2) is 4.92 Å². The fourth-order valence-electron chi connectivity index (χ4n) is 1.46. The first kappa shape index (κ1) is 11.3. The van der Waals surface area contributed by atoms with Gasteiger partial charge in [-0.15, -0.1) is 0 Å². The SMILES string of the molecule is O=[N+]([O-])c1ccc([CH]c2ccccc2F)cc1. The second kappa shape index (κ2) is 4.74. The third-order valence-electron chi connectivity index (χ3n) is 2.33. The van der Waals surface area contributed by atoms with Crippen LogP contribution in [0.4, 0.5) is 10.1 Å². The van der Waals surface area contributed by atoms with E-state index < -0.39 is 4.92 Å². The van der Waals surface area contributed by atoms with E-state index in [4.69, 9.17) is 0 Å². The van der Waals surface area contributed by atoms with Crippen molar-refractivity contribution >= 4 is 5.69 Å². The molecule has 1 radical (unpaired) electrons. The molecular formula is C13H9FNO2. The van der Waals surface area contributed by atoms with Crippen molar-refractivity contribution in [1.82, 2.24) is 0 Å². The topological polar surface area (TPSA) is 43.1 Å². The van der Waals surface area contributed by atoms with Gasteiger partial charge in [0.05, 0.1) is 4.92 Å². The first-order valence-corrected chi connectivity index (χ1v) is 5.00. The summed E-state index contributed by atoms with van der Waals surface area (Å²) in [4.78, 5) is 9.99. The molecule has 17 heavy (non-hydrogen) atoms. The van der Waals surface area contributed by atoms with Crippen LogP contribution in [0.15, 0.2) is 48.5 Å². The second-order valence-electron chi connectivity index (χ2n) is 3.51. The van der Waals surface area contributed by atoms with E-state index in [9.17, 15) is 14.5 Å². The maximum atomic E-state index is 13.3. The van der Waals surface area contributed by atoms with Gasteiger partial charge >= 0.3 is 0 Å². The molecule has 0 bridgehead atoms. The summed E-state index contributed by atoms with van der Waals surface area (Å²) >= 11 is 0. The van der Waals surface area contributed by atoms with Crippen LogP contribution >= 0.6 is 0 Å². The predicted octanol–water partition coefficient (Wildman–Crippen LogP) is 3.33. The zero-order valence-corrected chi connectivity index (χ0v) is 8.84. The molecule has 0 atom stereocenters. The van der Waals surface area contributed by atoms with Gasteiger partial charge < -0.3 is 0 Å². The summed E-state index contributed by atoms with van der Waals surface area (Å²) in [7, 11) is 0. The van der Waals surface area contributed by atoms with Gasteiger partial charge in [0, 0.05) is 18.6 Å². The highest BCUT2D eigenvalue weighted by atomic mass is 19.1. The van der Waals surface area contributed by atoms with Crippen LogP contribution in [0.5, 0.6) is 0 Å². The van der Waals surface area contributed by atoms with Crippen LogP contribution < -0.4 is 0 Å². The molecule has 0 fully saturated rings. The maximum Gasteiger partial charge on any atom is 0.269 e. The highest BCUT2D eigenvalue weighted by molar-refractivity contribution is 5.41. The van der Waals surface area contributed by atoms with Crippen LogP contribution in [0.1, 0.15) is 11.1 Å². The van der Waals surface area contributed by atoms with E-state index in [1.54, 1.807) is 36.8 Å². The molecule has 0 aliphatic heterocycles. The minimum absolute atomic E-state index is 0.0238. The minimum atomic E-state index is -0.465. The molecular weight excluding hydrogens is 221 g/mol. The van der Waals surface area contributed by atoms with Crippen LogP contribution in [0.2, 0.25) is 0 Å². The smallest absolute Gasteiger partial charge is 0.258 e. The first-order valence-electron chi connectivity index (χ1n) is 5.00. The molecule has 2 aromatic carbocycles. The number of halogens is 1. The number of non-ortho nitro benzene ring substituents is 1. The molecule has 0 aliphatic carbocycles. The van der Waals surface area contributed by atoms with Gasteiger partial charge in [0.15, 0.2) is 0 Å². The van der Waals surface area contributed by atoms with E-state index in [0.29, 0.717) is 5.56 Å². The lowest BCUT2D eigenvalue weighted by molar-refractivity contribution is -0.384. The Morgan fingerprint density at radius 3 is 2.29 bits per heavy atom. The Bertz CT molecular complexity index is 537. The Morgan fingerprint density at radius 2 is 1.71 bits per heavy atom. The van der Waals surface area contributed by atoms with Gasteiger partial charge in [0.25, 0.3) is 5.69 Å². The fourth-order valence-corrected chi connectivity index (χ4v) is 1.46. The molecule has 0 unspecified atom stereocenters. The van der Waals surface area contributed by atoms with Crippen molar-refractivity contribution in [2.75, 3.05) is 0 Å². The van der Waals surface area contributed by atoms with Crippen LogP contribution in [-0.2, 0) is 0 Å². The Labute approximate surface area is 97.7 Å². The summed E-state index contributed by atoms with van der Waals surface area (Å²) in [6, 6.07) is 12.3. The van der Waals surface area contributed by atoms with Crippen molar-refractivity contribution < 1.29 is 9.31 Å². The summed E-state index contributed by atoms with van der Waals surface area (Å²) in [6.45, 7) is 0. The third-order valence-corrected chi connectivity index (χ3v) is 2.33. The molecule has 0 aliphatic rings. The summed E-state index contributed by atoms with van der Waals surface area (Å²) in [5.41, 5.74) is 1.21. The van der Waals surface area contributed by atoms with Crippen molar-refractivity contribution in [2.24, 2.45) is 0 Å². The number of nitrogens with zero attached hydrogens (tertiary/aromatic N) is 1. The lowest BCUT2D eigenvalue weighted by Gasteiger charge is -2.02. The van der Waals surface area contributed by atoms with Crippen molar-refractivity contribution in [1.29, 1.82) is 0 Å². The molecule has 2 rings (SSSR count). The lowest BCUT2D eigenvalue weighted by Crippen LogP contribution is -1.91. The van der Waals surface area contributed by atoms with Gasteiger partial charge in [0.2, 0.25) is 0 Å². The van der Waals surface area contributed by atoms with Crippen molar-refractivity contribution in [3.63, 3.8) is 0 Å². The number of nitro groups is 1. The van der Waals surface area contributed by atoms with E-state index in [1.165, 1.54) is 18.2 Å². The molecule has 2 aromatic rings. The highest BCUT2D eigenvalue weighted by Crippen LogP contribution is 2.18. The number of nitro benzene ring substituents is 1. The molecule has 85 valence electrons. The third kappa shape index (κ3) is 2.66. The number of benzene rings is 2. The highest BCUT2D eigenvalue weighted by Gasteiger charge is 2.06. The average molecular weight is 230 g/mol. The normalized spacial score (nSPS) is 10.2. The Hall–Kier alpha value is -2.23. The summed E-state index contributed by atoms with van der Waals surface area (Å²) in [6.07, 6.45) is 1.64. The zero-order valence-electron chi connectivity index (χ0n) is 8.84. The zero-order chi connectivity index (χ0) is 12.3. The first-order chi connectivity index (χ1) is 8.16. The summed E-state index contributed by atoms with van der Waals surface area (Å²) in [5.74, 6) is -0.314. The van der Waals surface area contributed by atoms with Gasteiger partial charge in [-0.2, -0.15) is 0 Å². The molecule has 0 amide bonds. The van der Waals surface area contributed by atoms with Crippen molar-refractivity contribution in [3.8, 4) is 0 Å². The number of hydrogen-bond acceptors (Lipinski definition) is 2. The lowest BCUT2D eigenvalue weighted by atomic mass is 10.0. The maximum absolute atomic E-state index is 13.3. The molecule has 3 nitrogen and oxygen atoms in total. The molecule has 4 heteroatoms. The standard InChI is InChI=1S/C13H9FNO2/c14-13-4-2-1-3-11(13)9-10-5-7-12(8-6-10)15(16)17/h1-9H. The summed E-state index contributed by atoms with van der Waals surface area (Å²) < 4.78 is 13.3. The van der Waals surface area contributed by atoms with Gasteiger partial charge in [-0.1, -0.05) is 30.3 Å². The van der Waals surface area contributed by atoms with Crippen molar-refractivity contribution in [3.05, 3.63) is 82.0 Å². The molecule has 0 N–H and O–H groups in total. The van der Waals surface area contributed by atoms with Gasteiger partial charge in [-0.3, -0.25) is 10.1 Å². The Kier molecular flexibility index (Phi) is 3.14. The van der Waals surface area contributed by atoms with E-state index in [2.05, 4.69) is 0 Å². The van der Waals surface area contributed by atoms with E-state index >= 15 is 0 Å². The molecule has 0 spiro atoms. The molecule has 0 aromatic heterocycles. The monoisotopic (exact) mass is 230 g/mol. The summed E-state index contributed by atoms with van der Waals surface area (Å²) in [5, 5.41) is 10.5. The minimum Gasteiger partial charge on any atom is -0.258 e. The quantitative estimate of drug-likeness (QED) is 0.599. The number of rotatable bonds is 3. The molecule has 0 heterocycles. The van der Waals surface area contributed by atoms with Gasteiger partial charge in [-0.05, 0) is 17.2 Å². The Morgan fingerprint density at radius 1 is 1.06 bits per heavy atom. The van der Waals surface area contributed by atoms with Gasteiger partial charge in [-0.25, -0.2) is 4.39 Å². The predicted molar refractivity (Wildman–Crippen MR) is 62.0 cm³/mol. The van der Waals surface area contributed by atoms with Crippen LogP contribution in [0.3, 0.4) is 0 Å². The van der Waals surface area contributed by atoms with Gasteiger partial charge in [0.1, 0.15) is 5.82 Å². The van der Waals surface area contributed by atoms with Crippen LogP contribution in [0.25, 0.3) is 0 Å².